The van der Waals surface area contributed by atoms with E-state index in [0.717, 1.165) is 44.7 Å². The number of hydrogen-bond donors (Lipinski definition) is 1. The maximum atomic E-state index is 12.6. The van der Waals surface area contributed by atoms with Crippen LogP contribution in [0.5, 0.6) is 0 Å². The molecule has 20 heavy (non-hydrogen) atoms. The highest BCUT2D eigenvalue weighted by molar-refractivity contribution is 5.82. The monoisotopic (exact) mass is 276 g/mol. The fraction of sp³-hybridized carbons (Fsp3) is 0.733. The van der Waals surface area contributed by atoms with Crippen LogP contribution in [0.25, 0.3) is 0 Å². The molecule has 1 aromatic rings. The summed E-state index contributed by atoms with van der Waals surface area (Å²) in [5.74, 6) is 1.90. The summed E-state index contributed by atoms with van der Waals surface area (Å²) in [6.07, 6.45) is 9.16. The molecule has 0 aromatic carbocycles. The second kappa shape index (κ2) is 5.95. The minimum atomic E-state index is 0.115. The summed E-state index contributed by atoms with van der Waals surface area (Å²) in [6.45, 7) is 2.79. The van der Waals surface area contributed by atoms with Crippen LogP contribution in [0, 0.1) is 0 Å². The van der Waals surface area contributed by atoms with Gasteiger partial charge in [0, 0.05) is 31.4 Å². The number of likely N-dealkylation sites (N-methyl/N-ethyl adjacent to an activating group) is 1. The number of aromatic amines is 1. The van der Waals surface area contributed by atoms with Crippen molar-refractivity contribution in [2.24, 2.45) is 0 Å². The topological polar surface area (TPSA) is 52.2 Å². The van der Waals surface area contributed by atoms with Crippen molar-refractivity contribution in [1.82, 2.24) is 19.8 Å². The third-order valence-corrected chi connectivity index (χ3v) is 4.77. The summed E-state index contributed by atoms with van der Waals surface area (Å²) in [5.41, 5.74) is 0. The van der Waals surface area contributed by atoms with Crippen LogP contribution < -0.4 is 0 Å². The van der Waals surface area contributed by atoms with Crippen molar-refractivity contribution in [3.05, 3.63) is 18.2 Å². The van der Waals surface area contributed by atoms with Crippen molar-refractivity contribution < 1.29 is 4.79 Å². The maximum Gasteiger partial charge on any atom is 0.239 e. The van der Waals surface area contributed by atoms with Gasteiger partial charge >= 0.3 is 0 Å². The van der Waals surface area contributed by atoms with Crippen LogP contribution in [-0.2, 0) is 4.79 Å². The SMILES string of the molecule is CN1CCCC[C@H]1C(=O)N1CCC(c2ncc[nH]2)CC1. The molecule has 0 radical (unpaired) electrons. The molecule has 1 N–H and O–H groups in total. The minimum Gasteiger partial charge on any atom is -0.348 e. The molecule has 3 rings (SSSR count). The Morgan fingerprint density at radius 2 is 2.05 bits per heavy atom. The van der Waals surface area contributed by atoms with E-state index in [0.29, 0.717) is 11.8 Å². The van der Waals surface area contributed by atoms with Gasteiger partial charge in [-0.3, -0.25) is 9.69 Å². The highest BCUT2D eigenvalue weighted by Gasteiger charge is 2.32. The van der Waals surface area contributed by atoms with Gasteiger partial charge in [-0.25, -0.2) is 4.98 Å². The average molecular weight is 276 g/mol. The molecular formula is C15H24N4O. The van der Waals surface area contributed by atoms with Crippen LogP contribution in [0.3, 0.4) is 0 Å². The first kappa shape index (κ1) is 13.6. The first-order valence-electron chi connectivity index (χ1n) is 7.74. The lowest BCUT2D eigenvalue weighted by Gasteiger charge is -2.38. The fourth-order valence-corrected chi connectivity index (χ4v) is 3.47. The third-order valence-electron chi connectivity index (χ3n) is 4.77. The number of nitrogens with zero attached hydrogens (tertiary/aromatic N) is 3. The number of H-pyrrole nitrogens is 1. The second-order valence-electron chi connectivity index (χ2n) is 6.07. The van der Waals surface area contributed by atoms with Gasteiger partial charge in [-0.2, -0.15) is 0 Å². The quantitative estimate of drug-likeness (QED) is 0.892. The Morgan fingerprint density at radius 3 is 2.70 bits per heavy atom. The van der Waals surface area contributed by atoms with Crippen LogP contribution in [0.4, 0.5) is 0 Å². The highest BCUT2D eigenvalue weighted by Crippen LogP contribution is 2.27. The van der Waals surface area contributed by atoms with Crippen LogP contribution in [0.1, 0.15) is 43.8 Å². The molecule has 1 atom stereocenters. The Hall–Kier alpha value is -1.36. The van der Waals surface area contributed by atoms with Crippen LogP contribution >= 0.6 is 0 Å². The molecule has 1 amide bonds. The smallest absolute Gasteiger partial charge is 0.239 e. The van der Waals surface area contributed by atoms with E-state index < -0.39 is 0 Å². The molecule has 5 heteroatoms. The number of aromatic nitrogens is 2. The summed E-state index contributed by atoms with van der Waals surface area (Å²) in [4.78, 5) is 24.4. The average Bonchev–Trinajstić information content (AvgIpc) is 3.01. The van der Waals surface area contributed by atoms with Crippen molar-refractivity contribution >= 4 is 5.91 Å². The first-order chi connectivity index (χ1) is 9.75. The van der Waals surface area contributed by atoms with E-state index >= 15 is 0 Å². The predicted octanol–water partition coefficient (Wildman–Crippen LogP) is 1.60. The molecule has 5 nitrogen and oxygen atoms in total. The van der Waals surface area contributed by atoms with Gasteiger partial charge in [-0.15, -0.1) is 0 Å². The lowest BCUT2D eigenvalue weighted by Crippen LogP contribution is -2.51. The molecular weight excluding hydrogens is 252 g/mol. The summed E-state index contributed by atoms with van der Waals surface area (Å²) in [6, 6.07) is 0.115. The molecule has 0 saturated carbocycles. The molecule has 2 aliphatic heterocycles. The van der Waals surface area contributed by atoms with Crippen LogP contribution in [0.2, 0.25) is 0 Å². The fourth-order valence-electron chi connectivity index (χ4n) is 3.47. The first-order valence-corrected chi connectivity index (χ1v) is 7.74. The Morgan fingerprint density at radius 1 is 1.25 bits per heavy atom. The second-order valence-corrected chi connectivity index (χ2v) is 6.07. The van der Waals surface area contributed by atoms with Crippen molar-refractivity contribution in [3.8, 4) is 0 Å². The van der Waals surface area contributed by atoms with Gasteiger partial charge in [0.15, 0.2) is 0 Å². The molecule has 1 aromatic heterocycles. The molecule has 0 aliphatic carbocycles. The molecule has 0 spiro atoms. The van der Waals surface area contributed by atoms with Gasteiger partial charge in [0.05, 0.1) is 6.04 Å². The largest absolute Gasteiger partial charge is 0.348 e. The molecule has 2 saturated heterocycles. The lowest BCUT2D eigenvalue weighted by atomic mass is 9.94. The zero-order valence-electron chi connectivity index (χ0n) is 12.2. The standard InChI is InChI=1S/C15H24N4O/c1-18-9-3-2-4-13(18)15(20)19-10-5-12(6-11-19)14-16-7-8-17-14/h7-8,12-13H,2-6,9-11H2,1H3,(H,16,17)/t13-/m0/s1. The van der Waals surface area contributed by atoms with Gasteiger partial charge in [0.1, 0.15) is 5.82 Å². The van der Waals surface area contributed by atoms with Crippen molar-refractivity contribution in [3.63, 3.8) is 0 Å². The number of piperidine rings is 2. The zero-order valence-corrected chi connectivity index (χ0v) is 12.2. The van der Waals surface area contributed by atoms with Gasteiger partial charge in [-0.1, -0.05) is 6.42 Å². The van der Waals surface area contributed by atoms with Gasteiger partial charge in [0.2, 0.25) is 5.91 Å². The number of likely N-dealkylation sites (tertiary alicyclic amines) is 2. The van der Waals surface area contributed by atoms with E-state index in [4.69, 9.17) is 0 Å². The molecule has 0 bridgehead atoms. The van der Waals surface area contributed by atoms with Crippen LogP contribution in [0.15, 0.2) is 12.4 Å². The number of nitrogens with one attached hydrogen (secondary N) is 1. The normalized spacial score (nSPS) is 25.9. The Kier molecular flexibility index (Phi) is 4.05. The highest BCUT2D eigenvalue weighted by atomic mass is 16.2. The number of carbonyl (C=O) groups is 1. The third kappa shape index (κ3) is 2.73. The van der Waals surface area contributed by atoms with E-state index in [1.165, 1.54) is 12.8 Å². The lowest BCUT2D eigenvalue weighted by molar-refractivity contribution is -0.138. The van der Waals surface area contributed by atoms with Gasteiger partial charge in [0.25, 0.3) is 0 Å². The summed E-state index contributed by atoms with van der Waals surface area (Å²) in [7, 11) is 2.08. The van der Waals surface area contributed by atoms with E-state index in [1.54, 1.807) is 0 Å². The molecule has 0 unspecified atom stereocenters. The number of carbonyl (C=O) groups excluding carboxylic acids is 1. The van der Waals surface area contributed by atoms with Crippen molar-refractivity contribution in [2.75, 3.05) is 26.7 Å². The number of imidazole rings is 1. The minimum absolute atomic E-state index is 0.115. The Balaban J connectivity index is 1.56. The summed E-state index contributed by atoms with van der Waals surface area (Å²) >= 11 is 0. The summed E-state index contributed by atoms with van der Waals surface area (Å²) < 4.78 is 0. The Bertz CT molecular complexity index is 437. The van der Waals surface area contributed by atoms with Crippen LogP contribution in [-0.4, -0.2) is 58.4 Å². The van der Waals surface area contributed by atoms with E-state index in [1.807, 2.05) is 12.4 Å². The number of amides is 1. The van der Waals surface area contributed by atoms with Crippen molar-refractivity contribution in [1.29, 1.82) is 0 Å². The van der Waals surface area contributed by atoms with Crippen molar-refractivity contribution in [2.45, 2.75) is 44.1 Å². The number of hydrogen-bond acceptors (Lipinski definition) is 3. The summed E-state index contributed by atoms with van der Waals surface area (Å²) in [5, 5.41) is 0. The van der Waals surface area contributed by atoms with Gasteiger partial charge in [-0.05, 0) is 39.3 Å². The van der Waals surface area contributed by atoms with E-state index in [9.17, 15) is 4.79 Å². The van der Waals surface area contributed by atoms with E-state index in [-0.39, 0.29) is 6.04 Å². The number of rotatable bonds is 2. The molecule has 2 aliphatic rings. The Labute approximate surface area is 120 Å². The molecule has 110 valence electrons. The predicted molar refractivity (Wildman–Crippen MR) is 77.4 cm³/mol. The zero-order chi connectivity index (χ0) is 13.9. The maximum absolute atomic E-state index is 12.6. The molecule has 3 heterocycles. The van der Waals surface area contributed by atoms with E-state index in [2.05, 4.69) is 26.8 Å². The molecule has 2 fully saturated rings. The van der Waals surface area contributed by atoms with Gasteiger partial charge < -0.3 is 9.88 Å².